The minimum absolute atomic E-state index is 0.0157. The third kappa shape index (κ3) is 3.64. The van der Waals surface area contributed by atoms with E-state index in [9.17, 15) is 9.90 Å². The Labute approximate surface area is 137 Å². The summed E-state index contributed by atoms with van der Waals surface area (Å²) in [6, 6.07) is 10.9. The lowest BCUT2D eigenvalue weighted by atomic mass is 10.1. The quantitative estimate of drug-likeness (QED) is 0.727. The van der Waals surface area contributed by atoms with Crippen LogP contribution in [-0.2, 0) is 0 Å². The Morgan fingerprint density at radius 3 is 2.96 bits per heavy atom. The van der Waals surface area contributed by atoms with Gasteiger partial charge in [-0.2, -0.15) is 5.10 Å². The first-order valence-electron chi connectivity index (χ1n) is 7.18. The van der Waals surface area contributed by atoms with Gasteiger partial charge < -0.3 is 10.4 Å². The van der Waals surface area contributed by atoms with E-state index in [0.29, 0.717) is 12.0 Å². The van der Waals surface area contributed by atoms with Gasteiger partial charge in [0.15, 0.2) is 0 Å². The number of nitrogens with zero attached hydrogens (tertiary/aromatic N) is 3. The van der Waals surface area contributed by atoms with Crippen molar-refractivity contribution in [3.63, 3.8) is 0 Å². The van der Waals surface area contributed by atoms with E-state index in [-0.39, 0.29) is 18.6 Å². The van der Waals surface area contributed by atoms with Crippen molar-refractivity contribution >= 4 is 17.2 Å². The lowest BCUT2D eigenvalue weighted by Gasteiger charge is -2.16. The summed E-state index contributed by atoms with van der Waals surface area (Å²) < 4.78 is 1.60. The third-order valence-electron chi connectivity index (χ3n) is 3.40. The Bertz CT molecular complexity index is 756. The summed E-state index contributed by atoms with van der Waals surface area (Å²) in [6.07, 6.45) is 3.51. The molecule has 0 bridgehead atoms. The van der Waals surface area contributed by atoms with Crippen LogP contribution in [0.3, 0.4) is 0 Å². The van der Waals surface area contributed by atoms with Crippen LogP contribution in [0.4, 0.5) is 0 Å². The summed E-state index contributed by atoms with van der Waals surface area (Å²) in [4.78, 5) is 17.4. The number of benzene rings is 1. The summed E-state index contributed by atoms with van der Waals surface area (Å²) in [5.41, 5.74) is 1.31. The molecule has 23 heavy (non-hydrogen) atoms. The topological polar surface area (TPSA) is 80.0 Å². The molecular weight excluding hydrogens is 312 g/mol. The molecule has 7 heteroatoms. The zero-order valence-electron chi connectivity index (χ0n) is 12.3. The summed E-state index contributed by atoms with van der Waals surface area (Å²) >= 11 is 1.56. The Morgan fingerprint density at radius 2 is 2.26 bits per heavy atom. The van der Waals surface area contributed by atoms with Gasteiger partial charge in [-0.05, 0) is 36.1 Å². The first kappa shape index (κ1) is 15.4. The van der Waals surface area contributed by atoms with Gasteiger partial charge in [0, 0.05) is 17.0 Å². The smallest absolute Gasteiger partial charge is 0.251 e. The Kier molecular flexibility index (Phi) is 4.80. The Hall–Kier alpha value is -2.51. The van der Waals surface area contributed by atoms with Crippen molar-refractivity contribution < 1.29 is 9.90 Å². The van der Waals surface area contributed by atoms with Gasteiger partial charge in [-0.25, -0.2) is 9.67 Å². The average Bonchev–Trinajstić information content (AvgIpc) is 3.28. The number of aromatic nitrogens is 3. The monoisotopic (exact) mass is 328 g/mol. The highest BCUT2D eigenvalue weighted by molar-refractivity contribution is 7.10. The molecule has 2 heterocycles. The van der Waals surface area contributed by atoms with Crippen LogP contribution in [-0.4, -0.2) is 32.4 Å². The Morgan fingerprint density at radius 1 is 1.35 bits per heavy atom. The number of aliphatic hydroxyl groups is 1. The van der Waals surface area contributed by atoms with Gasteiger partial charge >= 0.3 is 0 Å². The number of rotatable bonds is 6. The van der Waals surface area contributed by atoms with Gasteiger partial charge in [0.05, 0.1) is 11.7 Å². The predicted molar refractivity (Wildman–Crippen MR) is 87.6 cm³/mol. The van der Waals surface area contributed by atoms with E-state index >= 15 is 0 Å². The number of aliphatic hydroxyl groups excluding tert-OH is 1. The molecule has 2 N–H and O–H groups in total. The van der Waals surface area contributed by atoms with Crippen LogP contribution in [0.1, 0.15) is 27.7 Å². The number of thiophene rings is 1. The van der Waals surface area contributed by atoms with Crippen molar-refractivity contribution in [3.8, 4) is 5.69 Å². The first-order chi connectivity index (χ1) is 11.3. The predicted octanol–water partition coefficient (Wildman–Crippen LogP) is 2.18. The van der Waals surface area contributed by atoms with E-state index in [1.54, 1.807) is 40.5 Å². The average molecular weight is 328 g/mol. The molecular formula is C16H16N4O2S. The van der Waals surface area contributed by atoms with E-state index in [2.05, 4.69) is 15.4 Å². The molecule has 0 saturated heterocycles. The van der Waals surface area contributed by atoms with Crippen molar-refractivity contribution in [2.45, 2.75) is 12.5 Å². The van der Waals surface area contributed by atoms with Crippen LogP contribution in [0.15, 0.2) is 54.4 Å². The van der Waals surface area contributed by atoms with E-state index in [4.69, 9.17) is 0 Å². The minimum Gasteiger partial charge on any atom is -0.396 e. The number of nitrogens with one attached hydrogen (secondary N) is 1. The minimum atomic E-state index is -0.192. The normalized spacial score (nSPS) is 12.0. The first-order valence-corrected chi connectivity index (χ1v) is 8.06. The van der Waals surface area contributed by atoms with Crippen LogP contribution in [0.5, 0.6) is 0 Å². The van der Waals surface area contributed by atoms with Crippen molar-refractivity contribution in [3.05, 3.63) is 64.9 Å². The van der Waals surface area contributed by atoms with Crippen LogP contribution >= 0.6 is 11.3 Å². The second-order valence-electron chi connectivity index (χ2n) is 4.94. The standard InChI is InChI=1S/C16H16N4O2S/c21-7-6-14(15-5-2-8-23-15)19-16(22)12-3-1-4-13(9-12)20-11-17-10-18-20/h1-5,8-11,14,21H,6-7H2,(H,19,22)/t14-/m0/s1. The SMILES string of the molecule is O=C(N[C@@H](CCO)c1cccs1)c1cccc(-n2cncn2)c1. The lowest BCUT2D eigenvalue weighted by Crippen LogP contribution is -2.28. The molecule has 0 aliphatic carbocycles. The maximum atomic E-state index is 12.5. The molecule has 0 radical (unpaired) electrons. The van der Waals surface area contributed by atoms with Crippen molar-refractivity contribution in [2.75, 3.05) is 6.61 Å². The van der Waals surface area contributed by atoms with Gasteiger partial charge in [0.2, 0.25) is 0 Å². The van der Waals surface area contributed by atoms with Crippen molar-refractivity contribution in [1.82, 2.24) is 20.1 Å². The molecule has 1 amide bonds. The summed E-state index contributed by atoms with van der Waals surface area (Å²) in [6.45, 7) is 0.0157. The van der Waals surface area contributed by atoms with E-state index in [1.807, 2.05) is 23.6 Å². The molecule has 6 nitrogen and oxygen atoms in total. The number of hydrogen-bond donors (Lipinski definition) is 2. The van der Waals surface area contributed by atoms with Crippen LogP contribution in [0.25, 0.3) is 5.69 Å². The molecule has 0 aliphatic rings. The molecule has 118 valence electrons. The number of carbonyl (C=O) groups is 1. The number of amides is 1. The molecule has 1 aromatic carbocycles. The molecule has 0 aliphatic heterocycles. The van der Waals surface area contributed by atoms with Gasteiger partial charge in [0.1, 0.15) is 12.7 Å². The fraction of sp³-hybridized carbons (Fsp3) is 0.188. The highest BCUT2D eigenvalue weighted by Gasteiger charge is 2.16. The molecule has 3 aromatic rings. The van der Waals surface area contributed by atoms with Gasteiger partial charge in [-0.15, -0.1) is 11.3 Å². The van der Waals surface area contributed by atoms with Gasteiger partial charge in [0.25, 0.3) is 5.91 Å². The zero-order chi connectivity index (χ0) is 16.1. The van der Waals surface area contributed by atoms with E-state index in [1.165, 1.54) is 6.33 Å². The van der Waals surface area contributed by atoms with Gasteiger partial charge in [-0.1, -0.05) is 12.1 Å². The largest absolute Gasteiger partial charge is 0.396 e. The van der Waals surface area contributed by atoms with E-state index in [0.717, 1.165) is 10.6 Å². The van der Waals surface area contributed by atoms with Crippen molar-refractivity contribution in [2.24, 2.45) is 0 Å². The number of carbonyl (C=O) groups excluding carboxylic acids is 1. The lowest BCUT2D eigenvalue weighted by molar-refractivity contribution is 0.0931. The van der Waals surface area contributed by atoms with Crippen LogP contribution < -0.4 is 5.32 Å². The van der Waals surface area contributed by atoms with Crippen LogP contribution in [0.2, 0.25) is 0 Å². The maximum absolute atomic E-state index is 12.5. The summed E-state index contributed by atoms with van der Waals surface area (Å²) in [5.74, 6) is -0.182. The second-order valence-corrected chi connectivity index (χ2v) is 5.92. The molecule has 0 fully saturated rings. The van der Waals surface area contributed by atoms with Crippen LogP contribution in [0, 0.1) is 0 Å². The molecule has 1 atom stereocenters. The molecule has 0 saturated carbocycles. The summed E-state index contributed by atoms with van der Waals surface area (Å²) in [7, 11) is 0. The highest BCUT2D eigenvalue weighted by atomic mass is 32.1. The number of hydrogen-bond acceptors (Lipinski definition) is 5. The highest BCUT2D eigenvalue weighted by Crippen LogP contribution is 2.22. The molecule has 0 unspecified atom stereocenters. The molecule has 0 spiro atoms. The fourth-order valence-corrected chi connectivity index (χ4v) is 3.09. The van der Waals surface area contributed by atoms with Crippen molar-refractivity contribution in [1.29, 1.82) is 0 Å². The third-order valence-corrected chi connectivity index (χ3v) is 4.39. The second kappa shape index (κ2) is 7.17. The maximum Gasteiger partial charge on any atom is 0.251 e. The summed E-state index contributed by atoms with van der Waals surface area (Å²) in [5, 5.41) is 18.2. The molecule has 2 aromatic heterocycles. The zero-order valence-corrected chi connectivity index (χ0v) is 13.1. The molecule has 3 rings (SSSR count). The fourth-order valence-electron chi connectivity index (χ4n) is 2.28. The van der Waals surface area contributed by atoms with E-state index < -0.39 is 0 Å². The Balaban J connectivity index is 1.78. The van der Waals surface area contributed by atoms with Gasteiger partial charge in [-0.3, -0.25) is 4.79 Å².